The van der Waals surface area contributed by atoms with Crippen LogP contribution in [-0.2, 0) is 0 Å². The van der Waals surface area contributed by atoms with E-state index in [9.17, 15) is 4.39 Å². The Morgan fingerprint density at radius 3 is 2.73 bits per heavy atom. The van der Waals surface area contributed by atoms with Crippen LogP contribution in [0.3, 0.4) is 0 Å². The maximum Gasteiger partial charge on any atom is 0.144 e. The molecule has 4 heteroatoms. The molecule has 0 bridgehead atoms. The molecule has 56 valence electrons. The second-order valence-electron chi connectivity index (χ2n) is 1.86. The molecule has 0 N–H and O–H groups in total. The molecular formula is C7H2ClFIN. The normalized spacial score (nSPS) is 9.27. The van der Waals surface area contributed by atoms with Crippen LogP contribution in [0.15, 0.2) is 12.1 Å². The Morgan fingerprint density at radius 1 is 1.55 bits per heavy atom. The number of nitriles is 1. The summed E-state index contributed by atoms with van der Waals surface area (Å²) in [6.07, 6.45) is 0. The summed E-state index contributed by atoms with van der Waals surface area (Å²) >= 11 is 7.39. The summed E-state index contributed by atoms with van der Waals surface area (Å²) < 4.78 is 13.4. The van der Waals surface area contributed by atoms with Crippen LogP contribution in [0.2, 0.25) is 5.02 Å². The minimum absolute atomic E-state index is 0.104. The fourth-order valence-electron chi connectivity index (χ4n) is 0.637. The summed E-state index contributed by atoms with van der Waals surface area (Å²) in [5, 5.41) is 8.36. The first-order chi connectivity index (χ1) is 5.15. The summed E-state index contributed by atoms with van der Waals surface area (Å²) in [4.78, 5) is 0. The maximum atomic E-state index is 12.7. The highest BCUT2D eigenvalue weighted by Crippen LogP contribution is 2.21. The molecule has 1 aromatic carbocycles. The first-order valence-electron chi connectivity index (χ1n) is 2.70. The molecule has 11 heavy (non-hydrogen) atoms. The Labute approximate surface area is 81.9 Å². The first kappa shape index (κ1) is 8.75. The van der Waals surface area contributed by atoms with Crippen LogP contribution in [0.5, 0.6) is 0 Å². The van der Waals surface area contributed by atoms with Crippen molar-refractivity contribution in [2.45, 2.75) is 0 Å². The molecule has 0 unspecified atom stereocenters. The molecule has 1 aromatic rings. The van der Waals surface area contributed by atoms with Gasteiger partial charge in [0.15, 0.2) is 0 Å². The lowest BCUT2D eigenvalue weighted by Gasteiger charge is -1.96. The Kier molecular flexibility index (Phi) is 2.68. The highest BCUT2D eigenvalue weighted by atomic mass is 127. The maximum absolute atomic E-state index is 12.7. The van der Waals surface area contributed by atoms with Crippen LogP contribution in [0.25, 0.3) is 0 Å². The zero-order valence-corrected chi connectivity index (χ0v) is 8.15. The van der Waals surface area contributed by atoms with Crippen molar-refractivity contribution in [3.05, 3.63) is 32.1 Å². The van der Waals surface area contributed by atoms with Crippen molar-refractivity contribution in [2.24, 2.45) is 0 Å². The van der Waals surface area contributed by atoms with Crippen molar-refractivity contribution < 1.29 is 4.39 Å². The van der Waals surface area contributed by atoms with Gasteiger partial charge in [0.2, 0.25) is 0 Å². The van der Waals surface area contributed by atoms with Gasteiger partial charge in [-0.05, 0) is 34.7 Å². The van der Waals surface area contributed by atoms with Crippen LogP contribution in [0.1, 0.15) is 5.56 Å². The van der Waals surface area contributed by atoms with E-state index in [1.54, 1.807) is 6.07 Å². The first-order valence-corrected chi connectivity index (χ1v) is 4.15. The van der Waals surface area contributed by atoms with E-state index in [0.29, 0.717) is 3.57 Å². The van der Waals surface area contributed by atoms with E-state index in [4.69, 9.17) is 16.9 Å². The molecule has 0 saturated heterocycles. The number of hydrogen-bond donors (Lipinski definition) is 0. The molecule has 1 nitrogen and oxygen atoms in total. The van der Waals surface area contributed by atoms with Crippen LogP contribution in [0, 0.1) is 20.7 Å². The van der Waals surface area contributed by atoms with Gasteiger partial charge in [-0.1, -0.05) is 11.6 Å². The number of halogens is 3. The highest BCUT2D eigenvalue weighted by Gasteiger charge is 2.06. The third kappa shape index (κ3) is 1.82. The van der Waals surface area contributed by atoms with Gasteiger partial charge in [0, 0.05) is 3.57 Å². The summed E-state index contributed by atoms with van der Waals surface area (Å²) in [6.45, 7) is 0. The molecule has 0 aliphatic rings. The van der Waals surface area contributed by atoms with Gasteiger partial charge in [0.25, 0.3) is 0 Å². The Balaban J connectivity index is 3.39. The van der Waals surface area contributed by atoms with Gasteiger partial charge in [-0.25, -0.2) is 4.39 Å². The highest BCUT2D eigenvalue weighted by molar-refractivity contribution is 14.1. The predicted molar refractivity (Wildman–Crippen MR) is 48.8 cm³/mol. The van der Waals surface area contributed by atoms with Gasteiger partial charge in [-0.2, -0.15) is 5.26 Å². The van der Waals surface area contributed by atoms with Gasteiger partial charge in [-0.15, -0.1) is 0 Å². The summed E-state index contributed by atoms with van der Waals surface area (Å²) in [6, 6.07) is 4.62. The van der Waals surface area contributed by atoms with Gasteiger partial charge in [-0.3, -0.25) is 0 Å². The van der Waals surface area contributed by atoms with Crippen molar-refractivity contribution in [2.75, 3.05) is 0 Å². The zero-order valence-electron chi connectivity index (χ0n) is 5.24. The van der Waals surface area contributed by atoms with Crippen molar-refractivity contribution >= 4 is 34.2 Å². The molecule has 0 spiro atoms. The number of benzene rings is 1. The predicted octanol–water partition coefficient (Wildman–Crippen LogP) is 2.96. The molecule has 0 aliphatic heterocycles. The summed E-state index contributed by atoms with van der Waals surface area (Å²) in [5.41, 5.74) is 0.177. The van der Waals surface area contributed by atoms with Crippen molar-refractivity contribution in [1.82, 2.24) is 0 Å². The van der Waals surface area contributed by atoms with Gasteiger partial charge < -0.3 is 0 Å². The summed E-state index contributed by atoms with van der Waals surface area (Å²) in [5.74, 6) is -0.546. The van der Waals surface area contributed by atoms with Crippen LogP contribution >= 0.6 is 34.2 Å². The lowest BCUT2D eigenvalue weighted by Crippen LogP contribution is -1.84. The van der Waals surface area contributed by atoms with E-state index in [1.807, 2.05) is 22.6 Å². The quantitative estimate of drug-likeness (QED) is 0.530. The zero-order chi connectivity index (χ0) is 8.43. The minimum Gasteiger partial charge on any atom is -0.205 e. The molecule has 0 heterocycles. The van der Waals surface area contributed by atoms with Crippen LogP contribution in [0.4, 0.5) is 4.39 Å². The van der Waals surface area contributed by atoms with E-state index in [1.165, 1.54) is 12.1 Å². The third-order valence-electron chi connectivity index (χ3n) is 1.11. The molecule has 0 amide bonds. The van der Waals surface area contributed by atoms with Crippen molar-refractivity contribution in [3.8, 4) is 6.07 Å². The minimum atomic E-state index is -0.546. The number of hydrogen-bond acceptors (Lipinski definition) is 1. The average Bonchev–Trinajstić information content (AvgIpc) is 1.96. The topological polar surface area (TPSA) is 23.8 Å². The van der Waals surface area contributed by atoms with Gasteiger partial charge in [0.05, 0.1) is 10.6 Å². The summed E-state index contributed by atoms with van der Waals surface area (Å²) in [7, 11) is 0. The Morgan fingerprint density at radius 2 is 2.18 bits per heavy atom. The largest absolute Gasteiger partial charge is 0.205 e. The second kappa shape index (κ2) is 3.37. The average molecular weight is 281 g/mol. The van der Waals surface area contributed by atoms with E-state index < -0.39 is 5.82 Å². The second-order valence-corrected chi connectivity index (χ2v) is 3.48. The smallest absolute Gasteiger partial charge is 0.144 e. The molecule has 0 aliphatic carbocycles. The number of nitrogens with zero attached hydrogens (tertiary/aromatic N) is 1. The fourth-order valence-corrected chi connectivity index (χ4v) is 1.37. The van der Waals surface area contributed by atoms with Crippen LogP contribution < -0.4 is 0 Å². The van der Waals surface area contributed by atoms with E-state index in [2.05, 4.69) is 0 Å². The Hall–Kier alpha value is -0.340. The van der Waals surface area contributed by atoms with Crippen LogP contribution in [-0.4, -0.2) is 0 Å². The van der Waals surface area contributed by atoms with Gasteiger partial charge >= 0.3 is 0 Å². The van der Waals surface area contributed by atoms with E-state index >= 15 is 0 Å². The molecule has 1 rings (SSSR count). The molecule has 0 aromatic heterocycles. The SMILES string of the molecule is N#Cc1cc(I)cc(F)c1Cl. The Bertz CT molecular complexity index is 332. The van der Waals surface area contributed by atoms with Crippen molar-refractivity contribution in [1.29, 1.82) is 5.26 Å². The lowest BCUT2D eigenvalue weighted by molar-refractivity contribution is 0.627. The molecular weight excluding hydrogens is 279 g/mol. The monoisotopic (exact) mass is 281 g/mol. The standard InChI is InChI=1S/C7H2ClFIN/c8-7-4(3-11)1-5(10)2-6(7)9/h1-2H. The molecule has 0 saturated carbocycles. The molecule has 0 fully saturated rings. The lowest BCUT2D eigenvalue weighted by atomic mass is 10.2. The van der Waals surface area contributed by atoms with E-state index in [0.717, 1.165) is 0 Å². The van der Waals surface area contributed by atoms with Gasteiger partial charge in [0.1, 0.15) is 11.9 Å². The fraction of sp³-hybridized carbons (Fsp3) is 0. The molecule has 0 atom stereocenters. The number of rotatable bonds is 0. The van der Waals surface area contributed by atoms with Crippen molar-refractivity contribution in [3.63, 3.8) is 0 Å². The van der Waals surface area contributed by atoms with E-state index in [-0.39, 0.29) is 10.6 Å². The third-order valence-corrected chi connectivity index (χ3v) is 2.12. The molecule has 0 radical (unpaired) electrons.